The van der Waals surface area contributed by atoms with E-state index < -0.39 is 5.97 Å². The Kier molecular flexibility index (Phi) is 2.92. The topological polar surface area (TPSA) is 40.5 Å². The summed E-state index contributed by atoms with van der Waals surface area (Å²) in [6.07, 6.45) is 0.667. The van der Waals surface area contributed by atoms with Gasteiger partial charge < -0.3 is 5.11 Å². The van der Waals surface area contributed by atoms with E-state index in [1.165, 1.54) is 6.07 Å². The molecule has 0 radical (unpaired) electrons. The maximum atomic E-state index is 13.3. The average molecular weight is 223 g/mol. The summed E-state index contributed by atoms with van der Waals surface area (Å²) in [6, 6.07) is 6.63. The SMILES string of the molecule is CN(Cc1ccccc1F)C1CC1C(=O)O. The van der Waals surface area contributed by atoms with Crippen LogP contribution in [0.2, 0.25) is 0 Å². The Bertz CT molecular complexity index is 408. The molecule has 2 unspecified atom stereocenters. The summed E-state index contributed by atoms with van der Waals surface area (Å²) in [5.74, 6) is -1.27. The number of aliphatic carboxylic acids is 1. The first kappa shape index (κ1) is 11.1. The van der Waals surface area contributed by atoms with Crippen molar-refractivity contribution in [2.75, 3.05) is 7.05 Å². The van der Waals surface area contributed by atoms with Gasteiger partial charge in [0.15, 0.2) is 0 Å². The van der Waals surface area contributed by atoms with E-state index >= 15 is 0 Å². The van der Waals surface area contributed by atoms with E-state index in [1.807, 2.05) is 11.9 Å². The first-order valence-electron chi connectivity index (χ1n) is 5.26. The second kappa shape index (κ2) is 4.22. The number of carboxylic acid groups (broad SMARTS) is 1. The first-order valence-corrected chi connectivity index (χ1v) is 5.26. The van der Waals surface area contributed by atoms with Crippen LogP contribution < -0.4 is 0 Å². The van der Waals surface area contributed by atoms with Gasteiger partial charge in [-0.25, -0.2) is 4.39 Å². The molecule has 2 atom stereocenters. The first-order chi connectivity index (χ1) is 7.59. The number of hydrogen-bond acceptors (Lipinski definition) is 2. The molecule has 1 aliphatic carbocycles. The highest BCUT2D eigenvalue weighted by Gasteiger charge is 2.45. The van der Waals surface area contributed by atoms with Crippen molar-refractivity contribution in [1.82, 2.24) is 4.90 Å². The van der Waals surface area contributed by atoms with Gasteiger partial charge in [-0.1, -0.05) is 18.2 Å². The molecule has 1 fully saturated rings. The number of carbonyl (C=O) groups is 1. The molecule has 16 heavy (non-hydrogen) atoms. The maximum Gasteiger partial charge on any atom is 0.308 e. The molecular weight excluding hydrogens is 209 g/mol. The number of carboxylic acids is 1. The third-order valence-corrected chi connectivity index (χ3v) is 3.02. The summed E-state index contributed by atoms with van der Waals surface area (Å²) in [6.45, 7) is 0.459. The van der Waals surface area contributed by atoms with E-state index in [0.717, 1.165) is 0 Å². The Labute approximate surface area is 93.5 Å². The van der Waals surface area contributed by atoms with Crippen LogP contribution in [0.4, 0.5) is 4.39 Å². The van der Waals surface area contributed by atoms with Crippen LogP contribution >= 0.6 is 0 Å². The van der Waals surface area contributed by atoms with Gasteiger partial charge in [-0.2, -0.15) is 0 Å². The Hall–Kier alpha value is -1.42. The van der Waals surface area contributed by atoms with Crippen LogP contribution in [0.3, 0.4) is 0 Å². The van der Waals surface area contributed by atoms with Crippen molar-refractivity contribution in [1.29, 1.82) is 0 Å². The molecule has 1 aliphatic rings. The standard InChI is InChI=1S/C12H14FNO2/c1-14(11-6-9(11)12(15)16)7-8-4-2-3-5-10(8)13/h2-5,9,11H,6-7H2,1H3,(H,15,16). The van der Waals surface area contributed by atoms with Crippen LogP contribution in [0.5, 0.6) is 0 Å². The molecule has 1 aromatic carbocycles. The van der Waals surface area contributed by atoms with Gasteiger partial charge in [0.1, 0.15) is 5.82 Å². The predicted molar refractivity (Wildman–Crippen MR) is 57.4 cm³/mol. The van der Waals surface area contributed by atoms with Crippen molar-refractivity contribution in [2.24, 2.45) is 5.92 Å². The molecule has 0 heterocycles. The summed E-state index contributed by atoms with van der Waals surface area (Å²) in [7, 11) is 1.83. The summed E-state index contributed by atoms with van der Waals surface area (Å²) >= 11 is 0. The number of hydrogen-bond donors (Lipinski definition) is 1. The summed E-state index contributed by atoms with van der Waals surface area (Å²) in [5.41, 5.74) is 0.612. The molecule has 0 spiro atoms. The fourth-order valence-corrected chi connectivity index (χ4v) is 1.95. The summed E-state index contributed by atoms with van der Waals surface area (Å²) < 4.78 is 13.3. The molecule has 4 heteroatoms. The lowest BCUT2D eigenvalue weighted by atomic mass is 10.2. The van der Waals surface area contributed by atoms with Crippen LogP contribution in [0.1, 0.15) is 12.0 Å². The lowest BCUT2D eigenvalue weighted by Gasteiger charge is -2.16. The zero-order valence-electron chi connectivity index (χ0n) is 9.06. The molecule has 0 amide bonds. The lowest BCUT2D eigenvalue weighted by molar-refractivity contribution is -0.138. The third kappa shape index (κ3) is 2.22. The van der Waals surface area contributed by atoms with Crippen molar-refractivity contribution in [3.8, 4) is 0 Å². The van der Waals surface area contributed by atoms with Gasteiger partial charge in [0, 0.05) is 18.2 Å². The molecular formula is C12H14FNO2. The molecule has 3 nitrogen and oxygen atoms in total. The molecule has 0 aromatic heterocycles. The highest BCUT2D eigenvalue weighted by atomic mass is 19.1. The lowest BCUT2D eigenvalue weighted by Crippen LogP contribution is -2.24. The van der Waals surface area contributed by atoms with E-state index in [0.29, 0.717) is 18.5 Å². The van der Waals surface area contributed by atoms with Gasteiger partial charge in [-0.15, -0.1) is 0 Å². The summed E-state index contributed by atoms with van der Waals surface area (Å²) in [4.78, 5) is 12.6. The number of benzene rings is 1. The number of halogens is 1. The van der Waals surface area contributed by atoms with E-state index in [9.17, 15) is 9.18 Å². The zero-order valence-corrected chi connectivity index (χ0v) is 9.06. The van der Waals surface area contributed by atoms with Crippen molar-refractivity contribution < 1.29 is 14.3 Å². The molecule has 0 saturated heterocycles. The highest BCUT2D eigenvalue weighted by molar-refractivity contribution is 5.74. The fourth-order valence-electron chi connectivity index (χ4n) is 1.95. The molecule has 1 aromatic rings. The monoisotopic (exact) mass is 223 g/mol. The van der Waals surface area contributed by atoms with Gasteiger partial charge >= 0.3 is 5.97 Å². The molecule has 1 saturated carbocycles. The largest absolute Gasteiger partial charge is 0.481 e. The minimum Gasteiger partial charge on any atom is -0.481 e. The predicted octanol–water partition coefficient (Wildman–Crippen LogP) is 1.73. The minimum absolute atomic E-state index is 0.0529. The van der Waals surface area contributed by atoms with Crippen molar-refractivity contribution in [2.45, 2.75) is 19.0 Å². The quantitative estimate of drug-likeness (QED) is 0.845. The molecule has 0 aliphatic heterocycles. The second-order valence-electron chi connectivity index (χ2n) is 4.25. The summed E-state index contributed by atoms with van der Waals surface area (Å²) in [5, 5.41) is 8.79. The number of nitrogens with zero attached hydrogens (tertiary/aromatic N) is 1. The molecule has 0 bridgehead atoms. The van der Waals surface area contributed by atoms with Crippen LogP contribution in [0.25, 0.3) is 0 Å². The molecule has 1 N–H and O–H groups in total. The van der Waals surface area contributed by atoms with E-state index in [4.69, 9.17) is 5.11 Å². The van der Waals surface area contributed by atoms with Gasteiger partial charge in [0.05, 0.1) is 5.92 Å². The normalized spacial score (nSPS) is 23.4. The van der Waals surface area contributed by atoms with E-state index in [-0.39, 0.29) is 17.8 Å². The minimum atomic E-state index is -0.759. The van der Waals surface area contributed by atoms with Crippen molar-refractivity contribution >= 4 is 5.97 Å². The third-order valence-electron chi connectivity index (χ3n) is 3.02. The highest BCUT2D eigenvalue weighted by Crippen LogP contribution is 2.35. The molecule has 86 valence electrons. The Morgan fingerprint density at radius 1 is 1.56 bits per heavy atom. The molecule has 2 rings (SSSR count). The Balaban J connectivity index is 1.96. The van der Waals surface area contributed by atoms with Crippen LogP contribution in [0.15, 0.2) is 24.3 Å². The Morgan fingerprint density at radius 3 is 2.81 bits per heavy atom. The fraction of sp³-hybridized carbons (Fsp3) is 0.417. The second-order valence-corrected chi connectivity index (χ2v) is 4.25. The zero-order chi connectivity index (χ0) is 11.7. The van der Waals surface area contributed by atoms with Gasteiger partial charge in [0.2, 0.25) is 0 Å². The number of rotatable bonds is 4. The van der Waals surface area contributed by atoms with Crippen molar-refractivity contribution in [3.05, 3.63) is 35.6 Å². The Morgan fingerprint density at radius 2 is 2.25 bits per heavy atom. The van der Waals surface area contributed by atoms with Gasteiger partial charge in [-0.3, -0.25) is 9.69 Å². The van der Waals surface area contributed by atoms with Crippen LogP contribution in [0, 0.1) is 11.7 Å². The van der Waals surface area contributed by atoms with Gasteiger partial charge in [0.25, 0.3) is 0 Å². The average Bonchev–Trinajstić information content (AvgIpc) is 3.01. The van der Waals surface area contributed by atoms with E-state index in [1.54, 1.807) is 18.2 Å². The maximum absolute atomic E-state index is 13.3. The van der Waals surface area contributed by atoms with Gasteiger partial charge in [-0.05, 0) is 19.5 Å². The van der Waals surface area contributed by atoms with Crippen LogP contribution in [-0.2, 0) is 11.3 Å². The van der Waals surface area contributed by atoms with Crippen LogP contribution in [-0.4, -0.2) is 29.1 Å². The smallest absolute Gasteiger partial charge is 0.308 e. The van der Waals surface area contributed by atoms with Crippen molar-refractivity contribution in [3.63, 3.8) is 0 Å². The van der Waals surface area contributed by atoms with E-state index in [2.05, 4.69) is 0 Å².